The van der Waals surface area contributed by atoms with E-state index in [1.54, 1.807) is 0 Å². The van der Waals surface area contributed by atoms with E-state index in [0.29, 0.717) is 12.5 Å². The zero-order chi connectivity index (χ0) is 17.6. The first kappa shape index (κ1) is 17.5. The number of anilines is 1. The van der Waals surface area contributed by atoms with E-state index in [1.807, 2.05) is 35.2 Å². The van der Waals surface area contributed by atoms with Crippen molar-refractivity contribution >= 4 is 11.6 Å². The van der Waals surface area contributed by atoms with Gasteiger partial charge in [-0.25, -0.2) is 0 Å². The first-order valence-corrected chi connectivity index (χ1v) is 9.02. The molecule has 0 spiro atoms. The first-order valence-electron chi connectivity index (χ1n) is 9.02. The molecule has 1 aliphatic rings. The molecular weight excluding hydrogens is 310 g/mol. The van der Waals surface area contributed by atoms with Crippen LogP contribution in [-0.2, 0) is 17.8 Å². The average molecular weight is 337 g/mol. The summed E-state index contributed by atoms with van der Waals surface area (Å²) >= 11 is 0. The molecule has 132 valence electrons. The van der Waals surface area contributed by atoms with E-state index >= 15 is 0 Å². The van der Waals surface area contributed by atoms with Gasteiger partial charge in [-0.05, 0) is 36.6 Å². The van der Waals surface area contributed by atoms with Crippen molar-refractivity contribution in [2.45, 2.75) is 32.4 Å². The number of nitrogens with two attached hydrogens (primary N) is 1. The van der Waals surface area contributed by atoms with Crippen LogP contribution < -0.4 is 5.73 Å². The fourth-order valence-electron chi connectivity index (χ4n) is 3.33. The highest BCUT2D eigenvalue weighted by Gasteiger charge is 2.23. The minimum absolute atomic E-state index is 0.207. The molecule has 1 saturated heterocycles. The summed E-state index contributed by atoms with van der Waals surface area (Å²) in [4.78, 5) is 17.1. The summed E-state index contributed by atoms with van der Waals surface area (Å²) in [6, 6.07) is 18.6. The molecule has 1 fully saturated rings. The van der Waals surface area contributed by atoms with Gasteiger partial charge >= 0.3 is 0 Å². The number of amides is 1. The van der Waals surface area contributed by atoms with Gasteiger partial charge in [0.1, 0.15) is 0 Å². The van der Waals surface area contributed by atoms with Crippen LogP contribution in [0.2, 0.25) is 0 Å². The Bertz CT molecular complexity index is 684. The molecule has 1 atom stereocenters. The van der Waals surface area contributed by atoms with Crippen molar-refractivity contribution in [3.8, 4) is 0 Å². The minimum Gasteiger partial charge on any atom is -0.399 e. The molecule has 1 amide bonds. The van der Waals surface area contributed by atoms with Crippen LogP contribution in [0.25, 0.3) is 0 Å². The Morgan fingerprint density at radius 2 is 1.72 bits per heavy atom. The Hall–Kier alpha value is -2.33. The fourth-order valence-corrected chi connectivity index (χ4v) is 3.33. The van der Waals surface area contributed by atoms with Gasteiger partial charge in [0.25, 0.3) is 0 Å². The molecule has 2 aromatic rings. The van der Waals surface area contributed by atoms with Crippen molar-refractivity contribution in [3.63, 3.8) is 0 Å². The SMILES string of the molecule is C[C@@H]1CCN(C(=O)Cc2ccc(N)cc2)CCN1Cc1ccccc1. The Kier molecular flexibility index (Phi) is 5.71. The summed E-state index contributed by atoms with van der Waals surface area (Å²) in [5.74, 6) is 0.207. The van der Waals surface area contributed by atoms with Gasteiger partial charge in [-0.2, -0.15) is 0 Å². The lowest BCUT2D eigenvalue weighted by Gasteiger charge is -2.26. The summed E-state index contributed by atoms with van der Waals surface area (Å²) < 4.78 is 0. The molecule has 0 aliphatic carbocycles. The maximum absolute atomic E-state index is 12.7. The van der Waals surface area contributed by atoms with Crippen molar-refractivity contribution < 1.29 is 4.79 Å². The molecule has 0 aromatic heterocycles. The lowest BCUT2D eigenvalue weighted by Crippen LogP contribution is -2.36. The van der Waals surface area contributed by atoms with E-state index in [4.69, 9.17) is 5.73 Å². The largest absolute Gasteiger partial charge is 0.399 e. The summed E-state index contributed by atoms with van der Waals surface area (Å²) in [7, 11) is 0. The van der Waals surface area contributed by atoms with Crippen LogP contribution in [0.3, 0.4) is 0 Å². The molecule has 0 radical (unpaired) electrons. The average Bonchev–Trinajstić information content (AvgIpc) is 2.80. The third-order valence-electron chi connectivity index (χ3n) is 5.01. The van der Waals surface area contributed by atoms with Crippen LogP contribution in [-0.4, -0.2) is 41.4 Å². The summed E-state index contributed by atoms with van der Waals surface area (Å²) in [6.45, 7) is 5.76. The molecule has 1 heterocycles. The van der Waals surface area contributed by atoms with Crippen molar-refractivity contribution in [1.82, 2.24) is 9.80 Å². The van der Waals surface area contributed by atoms with Gasteiger partial charge in [0.05, 0.1) is 6.42 Å². The highest BCUT2D eigenvalue weighted by molar-refractivity contribution is 5.79. The predicted octanol–water partition coefficient (Wildman–Crippen LogP) is 2.93. The smallest absolute Gasteiger partial charge is 0.227 e. The first-order chi connectivity index (χ1) is 12.1. The van der Waals surface area contributed by atoms with E-state index in [1.165, 1.54) is 5.56 Å². The third-order valence-corrected chi connectivity index (χ3v) is 5.01. The number of rotatable bonds is 4. The quantitative estimate of drug-likeness (QED) is 0.873. The van der Waals surface area contributed by atoms with E-state index in [2.05, 4.69) is 36.1 Å². The van der Waals surface area contributed by atoms with Crippen LogP contribution in [0, 0.1) is 0 Å². The van der Waals surface area contributed by atoms with Gasteiger partial charge < -0.3 is 10.6 Å². The molecular formula is C21H27N3O. The van der Waals surface area contributed by atoms with Gasteiger partial charge in [0.15, 0.2) is 0 Å². The summed E-state index contributed by atoms with van der Waals surface area (Å²) in [5, 5.41) is 0. The second kappa shape index (κ2) is 8.17. The number of benzene rings is 2. The van der Waals surface area contributed by atoms with Crippen LogP contribution in [0.15, 0.2) is 54.6 Å². The van der Waals surface area contributed by atoms with E-state index in [-0.39, 0.29) is 5.91 Å². The van der Waals surface area contributed by atoms with Crippen molar-refractivity contribution in [2.24, 2.45) is 0 Å². The lowest BCUT2D eigenvalue weighted by atomic mass is 10.1. The normalized spacial score (nSPS) is 18.8. The fraction of sp³-hybridized carbons (Fsp3) is 0.381. The number of carbonyl (C=O) groups is 1. The highest BCUT2D eigenvalue weighted by Crippen LogP contribution is 2.16. The Labute approximate surface area is 150 Å². The van der Waals surface area contributed by atoms with Crippen molar-refractivity contribution in [3.05, 3.63) is 65.7 Å². The van der Waals surface area contributed by atoms with Gasteiger partial charge in [-0.15, -0.1) is 0 Å². The minimum atomic E-state index is 0.207. The van der Waals surface area contributed by atoms with E-state index in [9.17, 15) is 4.79 Å². The molecule has 0 unspecified atom stereocenters. The Balaban J connectivity index is 1.58. The molecule has 4 heteroatoms. The molecule has 2 N–H and O–H groups in total. The van der Waals surface area contributed by atoms with E-state index in [0.717, 1.165) is 43.9 Å². The molecule has 25 heavy (non-hydrogen) atoms. The number of nitrogens with zero attached hydrogens (tertiary/aromatic N) is 2. The standard InChI is InChI=1S/C21H27N3O/c1-17-11-12-23(21(25)15-18-7-9-20(22)10-8-18)13-14-24(17)16-19-5-3-2-4-6-19/h2-10,17H,11-16,22H2,1H3/t17-/m1/s1. The molecule has 4 nitrogen and oxygen atoms in total. The van der Waals surface area contributed by atoms with Gasteiger partial charge in [0, 0.05) is 37.9 Å². The third kappa shape index (κ3) is 4.83. The number of nitrogen functional groups attached to an aromatic ring is 1. The van der Waals surface area contributed by atoms with Crippen LogP contribution >= 0.6 is 0 Å². The van der Waals surface area contributed by atoms with Gasteiger partial charge in [-0.3, -0.25) is 9.69 Å². The topological polar surface area (TPSA) is 49.6 Å². The zero-order valence-corrected chi connectivity index (χ0v) is 14.9. The monoisotopic (exact) mass is 337 g/mol. The zero-order valence-electron chi connectivity index (χ0n) is 14.9. The molecule has 2 aromatic carbocycles. The van der Waals surface area contributed by atoms with Crippen molar-refractivity contribution in [2.75, 3.05) is 25.4 Å². The highest BCUT2D eigenvalue weighted by atomic mass is 16.2. The number of hydrogen-bond acceptors (Lipinski definition) is 3. The predicted molar refractivity (Wildman–Crippen MR) is 102 cm³/mol. The second-order valence-electron chi connectivity index (χ2n) is 6.89. The van der Waals surface area contributed by atoms with Gasteiger partial charge in [-0.1, -0.05) is 42.5 Å². The maximum Gasteiger partial charge on any atom is 0.227 e. The van der Waals surface area contributed by atoms with Crippen molar-refractivity contribution in [1.29, 1.82) is 0 Å². The summed E-state index contributed by atoms with van der Waals surface area (Å²) in [5.41, 5.74) is 8.80. The lowest BCUT2D eigenvalue weighted by molar-refractivity contribution is -0.130. The second-order valence-corrected chi connectivity index (χ2v) is 6.89. The molecule has 0 bridgehead atoms. The molecule has 0 saturated carbocycles. The van der Waals surface area contributed by atoms with E-state index < -0.39 is 0 Å². The molecule has 1 aliphatic heterocycles. The summed E-state index contributed by atoms with van der Waals surface area (Å²) in [6.07, 6.45) is 1.47. The Morgan fingerprint density at radius 3 is 2.44 bits per heavy atom. The maximum atomic E-state index is 12.7. The van der Waals surface area contributed by atoms with Crippen LogP contribution in [0.5, 0.6) is 0 Å². The van der Waals surface area contributed by atoms with Crippen LogP contribution in [0.4, 0.5) is 5.69 Å². The van der Waals surface area contributed by atoms with Gasteiger partial charge in [0.2, 0.25) is 5.91 Å². The number of hydrogen-bond donors (Lipinski definition) is 1. The Morgan fingerprint density at radius 1 is 1.00 bits per heavy atom. The number of carbonyl (C=O) groups excluding carboxylic acids is 1. The van der Waals surface area contributed by atoms with Crippen LogP contribution in [0.1, 0.15) is 24.5 Å². The molecule has 3 rings (SSSR count).